The van der Waals surface area contributed by atoms with Crippen LogP contribution >= 0.6 is 0 Å². The van der Waals surface area contributed by atoms with Crippen molar-refractivity contribution in [2.45, 2.75) is 39.7 Å². The number of aromatic nitrogens is 2. The topological polar surface area (TPSA) is 63.5 Å². The van der Waals surface area contributed by atoms with Crippen LogP contribution in [0.4, 0.5) is 0 Å². The summed E-state index contributed by atoms with van der Waals surface area (Å²) in [5.41, 5.74) is 4.43. The summed E-state index contributed by atoms with van der Waals surface area (Å²) < 4.78 is 7.67. The molecular weight excluding hydrogens is 338 g/mol. The number of para-hydroxylation sites is 1. The molecule has 2 N–H and O–H groups in total. The number of aryl methyl sites for hydroxylation is 2. The van der Waals surface area contributed by atoms with Gasteiger partial charge in [0.1, 0.15) is 0 Å². The van der Waals surface area contributed by atoms with Gasteiger partial charge in [0.15, 0.2) is 5.96 Å². The third-order valence-electron chi connectivity index (χ3n) is 4.71. The van der Waals surface area contributed by atoms with Crippen molar-refractivity contribution in [2.24, 2.45) is 10.9 Å². The molecule has 1 aromatic heterocycles. The smallest absolute Gasteiger partial charge is 0.191 e. The summed E-state index contributed by atoms with van der Waals surface area (Å²) in [5, 5.41) is 11.4. The standard InChI is InChI=1S/C21H31N5O/c1-16-13-17(2)26(25-16)20-8-5-4-7-19(20)14-24-21(22-3)23-11-6-12-27-15-18-9-10-18/h4-5,7-8,13,18H,6,9-12,14-15H2,1-3H3,(H2,22,23,24). The van der Waals surface area contributed by atoms with Gasteiger partial charge in [-0.3, -0.25) is 4.99 Å². The van der Waals surface area contributed by atoms with Crippen LogP contribution in [0.2, 0.25) is 0 Å². The normalized spacial score (nSPS) is 14.4. The minimum Gasteiger partial charge on any atom is -0.381 e. The maximum absolute atomic E-state index is 5.67. The van der Waals surface area contributed by atoms with Crippen LogP contribution < -0.4 is 10.6 Å². The van der Waals surface area contributed by atoms with E-state index in [4.69, 9.17) is 4.74 Å². The number of ether oxygens (including phenoxy) is 1. The first-order valence-corrected chi connectivity index (χ1v) is 9.81. The van der Waals surface area contributed by atoms with E-state index in [-0.39, 0.29) is 0 Å². The van der Waals surface area contributed by atoms with Gasteiger partial charge in [-0.2, -0.15) is 5.10 Å². The Bertz CT molecular complexity index is 764. The second-order valence-corrected chi connectivity index (χ2v) is 7.19. The van der Waals surface area contributed by atoms with E-state index in [1.165, 1.54) is 18.4 Å². The van der Waals surface area contributed by atoms with E-state index < -0.39 is 0 Å². The minimum atomic E-state index is 0.687. The van der Waals surface area contributed by atoms with Crippen molar-refractivity contribution < 1.29 is 4.74 Å². The van der Waals surface area contributed by atoms with E-state index in [2.05, 4.69) is 51.9 Å². The summed E-state index contributed by atoms with van der Waals surface area (Å²) in [4.78, 5) is 4.31. The molecule has 6 nitrogen and oxygen atoms in total. The molecule has 3 rings (SSSR count). The van der Waals surface area contributed by atoms with Gasteiger partial charge in [0.2, 0.25) is 0 Å². The molecule has 6 heteroatoms. The van der Waals surface area contributed by atoms with Gasteiger partial charge in [0.25, 0.3) is 0 Å². The maximum atomic E-state index is 5.67. The van der Waals surface area contributed by atoms with Crippen LogP contribution in [-0.2, 0) is 11.3 Å². The second-order valence-electron chi connectivity index (χ2n) is 7.19. The fourth-order valence-corrected chi connectivity index (χ4v) is 3.05. The van der Waals surface area contributed by atoms with E-state index in [9.17, 15) is 0 Å². The van der Waals surface area contributed by atoms with Crippen molar-refractivity contribution in [2.75, 3.05) is 26.8 Å². The molecular formula is C21H31N5O. The number of hydrogen-bond donors (Lipinski definition) is 2. The number of benzene rings is 1. The van der Waals surface area contributed by atoms with Gasteiger partial charge in [-0.1, -0.05) is 18.2 Å². The Balaban J connectivity index is 1.48. The highest BCUT2D eigenvalue weighted by Gasteiger charge is 2.20. The second kappa shape index (κ2) is 9.55. The third-order valence-corrected chi connectivity index (χ3v) is 4.71. The first-order chi connectivity index (χ1) is 13.2. The highest BCUT2D eigenvalue weighted by atomic mass is 16.5. The number of hydrogen-bond acceptors (Lipinski definition) is 3. The molecule has 1 aromatic carbocycles. The molecule has 1 heterocycles. The molecule has 1 saturated carbocycles. The van der Waals surface area contributed by atoms with Crippen LogP contribution in [0, 0.1) is 19.8 Å². The SMILES string of the molecule is CN=C(NCCCOCC1CC1)NCc1ccccc1-n1nc(C)cc1C. The van der Waals surface area contributed by atoms with Crippen LogP contribution in [0.3, 0.4) is 0 Å². The number of nitrogens with zero attached hydrogens (tertiary/aromatic N) is 3. The Morgan fingerprint density at radius 1 is 1.26 bits per heavy atom. The van der Waals surface area contributed by atoms with Gasteiger partial charge in [-0.25, -0.2) is 4.68 Å². The molecule has 0 radical (unpaired) electrons. The molecule has 27 heavy (non-hydrogen) atoms. The van der Waals surface area contributed by atoms with Crippen molar-refractivity contribution in [3.63, 3.8) is 0 Å². The largest absolute Gasteiger partial charge is 0.381 e. The Morgan fingerprint density at radius 3 is 2.78 bits per heavy atom. The quantitative estimate of drug-likeness (QED) is 0.405. The fourth-order valence-electron chi connectivity index (χ4n) is 3.05. The van der Waals surface area contributed by atoms with Crippen LogP contribution in [0.1, 0.15) is 36.2 Å². The molecule has 146 valence electrons. The molecule has 2 aromatic rings. The first kappa shape index (κ1) is 19.4. The zero-order valence-corrected chi connectivity index (χ0v) is 16.7. The molecule has 0 unspecified atom stereocenters. The maximum Gasteiger partial charge on any atom is 0.191 e. The molecule has 0 saturated heterocycles. The monoisotopic (exact) mass is 369 g/mol. The predicted octanol–water partition coefficient (Wildman–Crippen LogP) is 2.97. The van der Waals surface area contributed by atoms with E-state index in [0.29, 0.717) is 6.54 Å². The van der Waals surface area contributed by atoms with Crippen molar-refractivity contribution in [1.29, 1.82) is 0 Å². The minimum absolute atomic E-state index is 0.687. The van der Waals surface area contributed by atoms with E-state index >= 15 is 0 Å². The highest BCUT2D eigenvalue weighted by Crippen LogP contribution is 2.28. The number of nitrogens with one attached hydrogen (secondary N) is 2. The zero-order valence-electron chi connectivity index (χ0n) is 16.7. The van der Waals surface area contributed by atoms with Crippen molar-refractivity contribution in [3.05, 3.63) is 47.3 Å². The van der Waals surface area contributed by atoms with Gasteiger partial charge in [-0.15, -0.1) is 0 Å². The van der Waals surface area contributed by atoms with E-state index in [1.807, 2.05) is 17.7 Å². The van der Waals surface area contributed by atoms with Crippen molar-refractivity contribution >= 4 is 5.96 Å². The lowest BCUT2D eigenvalue weighted by Gasteiger charge is -2.15. The number of guanidine groups is 1. The fraction of sp³-hybridized carbons (Fsp3) is 0.524. The van der Waals surface area contributed by atoms with E-state index in [0.717, 1.165) is 55.1 Å². The molecule has 1 fully saturated rings. The average molecular weight is 370 g/mol. The Morgan fingerprint density at radius 2 is 2.07 bits per heavy atom. The molecule has 1 aliphatic carbocycles. The summed E-state index contributed by atoms with van der Waals surface area (Å²) >= 11 is 0. The average Bonchev–Trinajstić information content (AvgIpc) is 3.43. The van der Waals surface area contributed by atoms with Crippen LogP contribution in [0.5, 0.6) is 0 Å². The third kappa shape index (κ3) is 5.82. The molecule has 1 aliphatic rings. The summed E-state index contributed by atoms with van der Waals surface area (Å²) in [5.74, 6) is 1.63. The van der Waals surface area contributed by atoms with Crippen molar-refractivity contribution in [3.8, 4) is 5.69 Å². The molecule has 0 amide bonds. The molecule has 0 aliphatic heterocycles. The predicted molar refractivity (Wildman–Crippen MR) is 109 cm³/mol. The van der Waals surface area contributed by atoms with Crippen LogP contribution in [-0.4, -0.2) is 42.5 Å². The van der Waals surface area contributed by atoms with Gasteiger partial charge in [-0.05, 0) is 56.7 Å². The zero-order chi connectivity index (χ0) is 19.1. The molecule has 0 atom stereocenters. The lowest BCUT2D eigenvalue weighted by Crippen LogP contribution is -2.37. The van der Waals surface area contributed by atoms with Crippen LogP contribution in [0.25, 0.3) is 5.69 Å². The summed E-state index contributed by atoms with van der Waals surface area (Å²) in [6, 6.07) is 10.4. The lowest BCUT2D eigenvalue weighted by molar-refractivity contribution is 0.123. The molecule has 0 spiro atoms. The summed E-state index contributed by atoms with van der Waals surface area (Å²) in [6.07, 6.45) is 3.66. The highest BCUT2D eigenvalue weighted by molar-refractivity contribution is 5.79. The molecule has 0 bridgehead atoms. The lowest BCUT2D eigenvalue weighted by atomic mass is 10.1. The van der Waals surface area contributed by atoms with Gasteiger partial charge in [0, 0.05) is 39.0 Å². The summed E-state index contributed by atoms with van der Waals surface area (Å²) in [6.45, 7) is 7.37. The van der Waals surface area contributed by atoms with E-state index in [1.54, 1.807) is 7.05 Å². The Hall–Kier alpha value is -2.34. The van der Waals surface area contributed by atoms with Crippen molar-refractivity contribution in [1.82, 2.24) is 20.4 Å². The van der Waals surface area contributed by atoms with Gasteiger partial charge < -0.3 is 15.4 Å². The number of rotatable bonds is 9. The Kier molecular flexibility index (Phi) is 6.87. The summed E-state index contributed by atoms with van der Waals surface area (Å²) in [7, 11) is 1.80. The first-order valence-electron chi connectivity index (χ1n) is 9.81. The van der Waals surface area contributed by atoms with Gasteiger partial charge in [0.05, 0.1) is 11.4 Å². The van der Waals surface area contributed by atoms with Gasteiger partial charge >= 0.3 is 0 Å². The Labute approximate surface area is 162 Å². The van der Waals surface area contributed by atoms with Crippen LogP contribution in [0.15, 0.2) is 35.3 Å². The number of aliphatic imine (C=N–C) groups is 1.